The van der Waals surface area contributed by atoms with Crippen LogP contribution in [0.2, 0.25) is 0 Å². The first kappa shape index (κ1) is 22.0. The van der Waals surface area contributed by atoms with Crippen LogP contribution in [0.15, 0.2) is 42.9 Å². The van der Waals surface area contributed by atoms with Crippen molar-refractivity contribution in [3.8, 4) is 5.75 Å². The molecule has 0 unspecified atom stereocenters. The number of rotatable bonds is 5. The quantitative estimate of drug-likeness (QED) is 0.459. The highest BCUT2D eigenvalue weighted by molar-refractivity contribution is 6.08. The lowest BCUT2D eigenvalue weighted by molar-refractivity contribution is 0.102. The van der Waals surface area contributed by atoms with E-state index in [9.17, 15) is 4.79 Å². The number of benzene rings is 1. The molecule has 6 rings (SSSR count). The van der Waals surface area contributed by atoms with E-state index < -0.39 is 0 Å². The van der Waals surface area contributed by atoms with Crippen LogP contribution in [0.1, 0.15) is 42.1 Å². The van der Waals surface area contributed by atoms with Gasteiger partial charge in [0.05, 0.1) is 30.4 Å². The van der Waals surface area contributed by atoms with Crippen molar-refractivity contribution in [1.82, 2.24) is 34.6 Å². The van der Waals surface area contributed by atoms with Crippen molar-refractivity contribution in [3.63, 3.8) is 0 Å². The van der Waals surface area contributed by atoms with Crippen LogP contribution in [0, 0.1) is 0 Å². The van der Waals surface area contributed by atoms with Crippen molar-refractivity contribution in [3.05, 3.63) is 48.4 Å². The summed E-state index contributed by atoms with van der Waals surface area (Å²) < 4.78 is 9.24. The third-order valence-corrected chi connectivity index (χ3v) is 7.32. The van der Waals surface area contributed by atoms with Gasteiger partial charge in [-0.3, -0.25) is 14.4 Å². The minimum atomic E-state index is -0.277. The molecule has 10 heteroatoms. The molecule has 4 aromatic rings. The van der Waals surface area contributed by atoms with Gasteiger partial charge < -0.3 is 15.4 Å². The van der Waals surface area contributed by atoms with Gasteiger partial charge in [0, 0.05) is 56.1 Å². The molecule has 2 fully saturated rings. The van der Waals surface area contributed by atoms with Crippen LogP contribution in [0.4, 0.5) is 5.82 Å². The summed E-state index contributed by atoms with van der Waals surface area (Å²) in [5, 5.41) is 16.4. The average Bonchev–Trinajstić information content (AvgIpc) is 3.52. The highest BCUT2D eigenvalue weighted by atomic mass is 16.5. The number of methoxy groups -OCH3 is 1. The standard InChI is InChI=1S/C25H30N8O2/c1-35-22-14-21-17(13-20(22)25(34)29-24-15-27-23-3-2-8-28-33(23)24)16-32(30-21)19-6-4-18(5-7-19)31-11-9-26-10-12-31/h2-3,8,13-16,18-19,26H,4-7,9-12H2,1H3,(H,29,34). The number of imidazole rings is 1. The second kappa shape index (κ2) is 9.27. The highest BCUT2D eigenvalue weighted by Gasteiger charge is 2.28. The lowest BCUT2D eigenvalue weighted by Crippen LogP contribution is -2.49. The van der Waals surface area contributed by atoms with Crippen molar-refractivity contribution >= 4 is 28.3 Å². The molecule has 0 atom stereocenters. The van der Waals surface area contributed by atoms with Crippen molar-refractivity contribution in [2.75, 3.05) is 38.6 Å². The molecule has 35 heavy (non-hydrogen) atoms. The molecule has 0 spiro atoms. The molecule has 2 aliphatic rings. The molecule has 4 heterocycles. The molecule has 0 radical (unpaired) electrons. The summed E-state index contributed by atoms with van der Waals surface area (Å²) >= 11 is 0. The Morgan fingerprint density at radius 2 is 1.94 bits per heavy atom. The normalized spacial score (nSPS) is 21.4. The summed E-state index contributed by atoms with van der Waals surface area (Å²) in [7, 11) is 1.57. The summed E-state index contributed by atoms with van der Waals surface area (Å²) in [5.74, 6) is 0.717. The fourth-order valence-electron chi connectivity index (χ4n) is 5.44. The predicted molar refractivity (Wildman–Crippen MR) is 133 cm³/mol. The average molecular weight is 475 g/mol. The van der Waals surface area contributed by atoms with Gasteiger partial charge in [0.25, 0.3) is 5.91 Å². The summed E-state index contributed by atoms with van der Waals surface area (Å²) in [5.41, 5.74) is 1.95. The molecular formula is C25H30N8O2. The van der Waals surface area contributed by atoms with E-state index in [0.29, 0.717) is 34.9 Å². The zero-order chi connectivity index (χ0) is 23.8. The first-order valence-electron chi connectivity index (χ1n) is 12.3. The summed E-state index contributed by atoms with van der Waals surface area (Å²) in [6.45, 7) is 4.49. The maximum absolute atomic E-state index is 13.2. The first-order valence-corrected chi connectivity index (χ1v) is 12.3. The third-order valence-electron chi connectivity index (χ3n) is 7.32. The van der Waals surface area contributed by atoms with E-state index in [-0.39, 0.29) is 5.91 Å². The largest absolute Gasteiger partial charge is 0.496 e. The maximum Gasteiger partial charge on any atom is 0.260 e. The number of hydrogen-bond acceptors (Lipinski definition) is 7. The van der Waals surface area contributed by atoms with Crippen LogP contribution >= 0.6 is 0 Å². The van der Waals surface area contributed by atoms with Crippen LogP contribution < -0.4 is 15.4 Å². The summed E-state index contributed by atoms with van der Waals surface area (Å²) in [4.78, 5) is 20.1. The van der Waals surface area contributed by atoms with Crippen LogP contribution in [-0.4, -0.2) is 74.5 Å². The van der Waals surface area contributed by atoms with Crippen LogP contribution in [0.5, 0.6) is 5.75 Å². The Morgan fingerprint density at radius 1 is 1.14 bits per heavy atom. The number of nitrogens with one attached hydrogen (secondary N) is 2. The number of hydrogen-bond donors (Lipinski definition) is 2. The van der Waals surface area contributed by atoms with Gasteiger partial charge >= 0.3 is 0 Å². The Hall–Kier alpha value is -3.50. The fourth-order valence-corrected chi connectivity index (χ4v) is 5.44. The molecule has 182 valence electrons. The molecule has 1 saturated carbocycles. The molecule has 1 amide bonds. The van der Waals surface area contributed by atoms with Crippen molar-refractivity contribution in [1.29, 1.82) is 0 Å². The van der Waals surface area contributed by atoms with E-state index in [1.54, 1.807) is 30.1 Å². The van der Waals surface area contributed by atoms with E-state index in [0.717, 1.165) is 49.9 Å². The summed E-state index contributed by atoms with van der Waals surface area (Å²) in [6, 6.07) is 8.41. The van der Waals surface area contributed by atoms with Crippen molar-refractivity contribution in [2.45, 2.75) is 37.8 Å². The minimum absolute atomic E-state index is 0.277. The number of carbonyl (C=O) groups excluding carboxylic acids is 1. The van der Waals surface area contributed by atoms with Gasteiger partial charge in [0.2, 0.25) is 0 Å². The van der Waals surface area contributed by atoms with Gasteiger partial charge in [0.1, 0.15) is 5.75 Å². The molecule has 10 nitrogen and oxygen atoms in total. The minimum Gasteiger partial charge on any atom is -0.496 e. The van der Waals surface area contributed by atoms with E-state index in [1.807, 2.05) is 18.2 Å². The van der Waals surface area contributed by atoms with E-state index in [2.05, 4.69) is 36.5 Å². The Kier molecular flexibility index (Phi) is 5.83. The maximum atomic E-state index is 13.2. The van der Waals surface area contributed by atoms with Crippen molar-refractivity contribution in [2.24, 2.45) is 0 Å². The number of fused-ring (bicyclic) bond motifs is 2. The van der Waals surface area contributed by atoms with Gasteiger partial charge in [-0.1, -0.05) is 0 Å². The van der Waals surface area contributed by atoms with Gasteiger partial charge in [-0.15, -0.1) is 0 Å². The fraction of sp³-hybridized carbons (Fsp3) is 0.440. The molecule has 1 aromatic carbocycles. The lowest BCUT2D eigenvalue weighted by Gasteiger charge is -2.39. The number of ether oxygens (including phenoxy) is 1. The summed E-state index contributed by atoms with van der Waals surface area (Å²) in [6.07, 6.45) is 9.96. The first-order chi connectivity index (χ1) is 17.2. The number of piperazine rings is 1. The Balaban J connectivity index is 1.21. The third kappa shape index (κ3) is 4.23. The molecule has 3 aromatic heterocycles. The molecular weight excluding hydrogens is 444 g/mol. The van der Waals surface area contributed by atoms with Crippen LogP contribution in [0.3, 0.4) is 0 Å². The monoisotopic (exact) mass is 474 g/mol. The Bertz CT molecular complexity index is 1350. The molecule has 2 N–H and O–H groups in total. The van der Waals surface area contributed by atoms with Crippen molar-refractivity contribution < 1.29 is 9.53 Å². The van der Waals surface area contributed by atoms with E-state index >= 15 is 0 Å². The molecule has 1 saturated heterocycles. The number of amides is 1. The number of aromatic nitrogens is 5. The van der Waals surface area contributed by atoms with Gasteiger partial charge in [-0.05, 0) is 43.9 Å². The zero-order valence-corrected chi connectivity index (χ0v) is 19.9. The Labute approximate surface area is 203 Å². The molecule has 1 aliphatic heterocycles. The molecule has 0 bridgehead atoms. The van der Waals surface area contributed by atoms with Crippen LogP contribution in [-0.2, 0) is 0 Å². The van der Waals surface area contributed by atoms with Gasteiger partial charge in [-0.25, -0.2) is 4.98 Å². The molecule has 1 aliphatic carbocycles. The SMILES string of the molecule is COc1cc2nn(C3CCC(N4CCNCC4)CC3)cc2cc1C(=O)Nc1cnc2cccnn12. The van der Waals surface area contributed by atoms with Gasteiger partial charge in [-0.2, -0.15) is 14.7 Å². The predicted octanol–water partition coefficient (Wildman–Crippen LogP) is 2.73. The highest BCUT2D eigenvalue weighted by Crippen LogP contribution is 2.33. The number of nitrogens with zero attached hydrogens (tertiary/aromatic N) is 6. The van der Waals surface area contributed by atoms with E-state index in [1.165, 1.54) is 12.8 Å². The van der Waals surface area contributed by atoms with Gasteiger partial charge in [0.15, 0.2) is 11.5 Å². The number of anilines is 1. The lowest BCUT2D eigenvalue weighted by atomic mass is 9.90. The topological polar surface area (TPSA) is 102 Å². The van der Waals surface area contributed by atoms with E-state index in [4.69, 9.17) is 9.84 Å². The zero-order valence-electron chi connectivity index (χ0n) is 19.9. The Morgan fingerprint density at radius 3 is 2.74 bits per heavy atom. The van der Waals surface area contributed by atoms with Crippen LogP contribution in [0.25, 0.3) is 16.6 Å². The smallest absolute Gasteiger partial charge is 0.260 e. The second-order valence-corrected chi connectivity index (χ2v) is 9.36. The second-order valence-electron chi connectivity index (χ2n) is 9.36. The number of carbonyl (C=O) groups is 1.